The lowest BCUT2D eigenvalue weighted by Crippen LogP contribution is -2.38. The summed E-state index contributed by atoms with van der Waals surface area (Å²) >= 11 is 15.2. The highest BCUT2D eigenvalue weighted by molar-refractivity contribution is 9.10. The summed E-state index contributed by atoms with van der Waals surface area (Å²) in [5, 5.41) is 4.59. The smallest absolute Gasteiger partial charge is 0.177 e. The van der Waals surface area contributed by atoms with Crippen molar-refractivity contribution in [2.24, 2.45) is 0 Å². The van der Waals surface area contributed by atoms with E-state index in [1.807, 2.05) is 24.3 Å². The molecule has 0 amide bonds. The Bertz CT molecular complexity index is 690. The first kappa shape index (κ1) is 14.8. The zero-order chi connectivity index (χ0) is 14.8. The van der Waals surface area contributed by atoms with E-state index in [0.29, 0.717) is 10.1 Å². The summed E-state index contributed by atoms with van der Waals surface area (Å²) in [6, 6.07) is 14.1. The maximum Gasteiger partial charge on any atom is 0.177 e. The van der Waals surface area contributed by atoms with Gasteiger partial charge in [-0.1, -0.05) is 45.7 Å². The van der Waals surface area contributed by atoms with E-state index in [-0.39, 0.29) is 0 Å². The number of aryl methyl sites for hydroxylation is 1. The number of benzene rings is 2. The molecule has 0 aliphatic carbocycles. The number of halogens is 2. The van der Waals surface area contributed by atoms with Gasteiger partial charge in [0, 0.05) is 16.7 Å². The minimum Gasteiger partial charge on any atom is -0.331 e. The molecule has 108 valence electrons. The molecule has 2 aromatic carbocycles. The van der Waals surface area contributed by atoms with E-state index in [2.05, 4.69) is 44.3 Å². The van der Waals surface area contributed by atoms with Gasteiger partial charge in [0.05, 0.1) is 10.7 Å². The molecule has 1 N–H and O–H groups in total. The van der Waals surface area contributed by atoms with Gasteiger partial charge in [0.1, 0.15) is 0 Å². The predicted molar refractivity (Wildman–Crippen MR) is 97.5 cm³/mol. The molecule has 0 bridgehead atoms. The number of thiocarbonyl (C=S) groups is 1. The lowest BCUT2D eigenvalue weighted by Gasteiger charge is -2.31. The van der Waals surface area contributed by atoms with Gasteiger partial charge in [-0.25, -0.2) is 0 Å². The molecule has 1 aliphatic rings. The van der Waals surface area contributed by atoms with Crippen LogP contribution in [0.15, 0.2) is 46.9 Å². The monoisotopic (exact) mass is 380 g/mol. The Kier molecular flexibility index (Phi) is 4.48. The second kappa shape index (κ2) is 6.34. The molecule has 0 spiro atoms. The van der Waals surface area contributed by atoms with Gasteiger partial charge in [0.2, 0.25) is 0 Å². The van der Waals surface area contributed by atoms with Gasteiger partial charge in [0.15, 0.2) is 5.11 Å². The molecule has 3 rings (SSSR count). The van der Waals surface area contributed by atoms with Crippen molar-refractivity contribution in [1.29, 1.82) is 0 Å². The Labute approximate surface area is 143 Å². The zero-order valence-corrected chi connectivity index (χ0v) is 14.4. The highest BCUT2D eigenvalue weighted by atomic mass is 79.9. The van der Waals surface area contributed by atoms with Crippen molar-refractivity contribution in [1.82, 2.24) is 0 Å². The molecule has 0 aromatic heterocycles. The summed E-state index contributed by atoms with van der Waals surface area (Å²) in [5.74, 6) is 0. The van der Waals surface area contributed by atoms with Crippen molar-refractivity contribution in [2.45, 2.75) is 12.8 Å². The van der Waals surface area contributed by atoms with Crippen molar-refractivity contribution in [3.63, 3.8) is 0 Å². The lowest BCUT2D eigenvalue weighted by molar-refractivity contribution is 0.781. The maximum absolute atomic E-state index is 6.24. The van der Waals surface area contributed by atoms with Crippen LogP contribution in [0.4, 0.5) is 11.4 Å². The van der Waals surface area contributed by atoms with Crippen LogP contribution in [-0.2, 0) is 6.42 Å². The molecule has 21 heavy (non-hydrogen) atoms. The minimum absolute atomic E-state index is 0.650. The van der Waals surface area contributed by atoms with Gasteiger partial charge >= 0.3 is 0 Å². The van der Waals surface area contributed by atoms with E-state index in [9.17, 15) is 0 Å². The molecule has 5 heteroatoms. The molecule has 2 aromatic rings. The average molecular weight is 382 g/mol. The second-order valence-electron chi connectivity index (χ2n) is 4.94. The Morgan fingerprint density at radius 3 is 2.86 bits per heavy atom. The summed E-state index contributed by atoms with van der Waals surface area (Å²) in [7, 11) is 0. The Hall–Kier alpha value is -1.10. The van der Waals surface area contributed by atoms with E-state index in [0.717, 1.165) is 29.5 Å². The predicted octanol–water partition coefficient (Wildman–Crippen LogP) is 5.25. The van der Waals surface area contributed by atoms with Gasteiger partial charge < -0.3 is 10.2 Å². The molecular weight excluding hydrogens is 368 g/mol. The number of hydrogen-bond acceptors (Lipinski definition) is 1. The molecule has 0 atom stereocenters. The van der Waals surface area contributed by atoms with E-state index >= 15 is 0 Å². The Balaban J connectivity index is 1.83. The molecule has 0 fully saturated rings. The first-order valence-corrected chi connectivity index (χ1v) is 8.34. The third kappa shape index (κ3) is 3.23. The first-order chi connectivity index (χ1) is 10.1. The summed E-state index contributed by atoms with van der Waals surface area (Å²) < 4.78 is 0.951. The van der Waals surface area contributed by atoms with Crippen molar-refractivity contribution in [3.05, 3.63) is 57.5 Å². The highest BCUT2D eigenvalue weighted by Gasteiger charge is 2.20. The highest BCUT2D eigenvalue weighted by Crippen LogP contribution is 2.29. The summed E-state index contributed by atoms with van der Waals surface area (Å²) in [4.78, 5) is 2.15. The van der Waals surface area contributed by atoms with Gasteiger partial charge in [0.25, 0.3) is 0 Å². The zero-order valence-electron chi connectivity index (χ0n) is 11.3. The van der Waals surface area contributed by atoms with Crippen LogP contribution >= 0.6 is 39.7 Å². The number of anilines is 2. The topological polar surface area (TPSA) is 15.3 Å². The van der Waals surface area contributed by atoms with E-state index in [1.165, 1.54) is 11.3 Å². The number of rotatable bonds is 1. The van der Waals surface area contributed by atoms with Crippen LogP contribution < -0.4 is 10.2 Å². The van der Waals surface area contributed by atoms with Gasteiger partial charge in [-0.15, -0.1) is 0 Å². The van der Waals surface area contributed by atoms with Crippen molar-refractivity contribution in [2.75, 3.05) is 16.8 Å². The SMILES string of the molecule is S=C(Nc1ccc(Br)cc1Cl)N1CCCc2ccccc21. The van der Waals surface area contributed by atoms with Gasteiger partial charge in [-0.2, -0.15) is 0 Å². The average Bonchev–Trinajstić information content (AvgIpc) is 2.49. The maximum atomic E-state index is 6.24. The van der Waals surface area contributed by atoms with Gasteiger partial charge in [-0.3, -0.25) is 0 Å². The van der Waals surface area contributed by atoms with E-state index in [4.69, 9.17) is 23.8 Å². The van der Waals surface area contributed by atoms with Crippen molar-refractivity contribution >= 4 is 56.2 Å². The number of nitrogens with one attached hydrogen (secondary N) is 1. The fourth-order valence-electron chi connectivity index (χ4n) is 2.52. The molecule has 0 saturated heterocycles. The number of para-hydroxylation sites is 1. The van der Waals surface area contributed by atoms with E-state index in [1.54, 1.807) is 0 Å². The first-order valence-electron chi connectivity index (χ1n) is 6.76. The largest absolute Gasteiger partial charge is 0.331 e. The Morgan fingerprint density at radius 2 is 2.05 bits per heavy atom. The second-order valence-corrected chi connectivity index (χ2v) is 6.65. The lowest BCUT2D eigenvalue weighted by atomic mass is 10.0. The van der Waals surface area contributed by atoms with Crippen LogP contribution in [0.25, 0.3) is 0 Å². The normalized spacial score (nSPS) is 13.7. The quantitative estimate of drug-likeness (QED) is 0.679. The van der Waals surface area contributed by atoms with Crippen LogP contribution in [0, 0.1) is 0 Å². The third-order valence-corrected chi connectivity index (χ3v) is 4.66. The van der Waals surface area contributed by atoms with Crippen molar-refractivity contribution < 1.29 is 0 Å². The fraction of sp³-hybridized carbons (Fsp3) is 0.188. The third-order valence-electron chi connectivity index (χ3n) is 3.53. The summed E-state index contributed by atoms with van der Waals surface area (Å²) in [6.45, 7) is 0.928. The van der Waals surface area contributed by atoms with Crippen LogP contribution in [-0.4, -0.2) is 11.7 Å². The summed E-state index contributed by atoms with van der Waals surface area (Å²) in [6.07, 6.45) is 2.21. The molecule has 1 heterocycles. The minimum atomic E-state index is 0.650. The van der Waals surface area contributed by atoms with Crippen LogP contribution in [0.1, 0.15) is 12.0 Å². The molecule has 2 nitrogen and oxygen atoms in total. The molecule has 0 unspecified atom stereocenters. The number of nitrogens with zero attached hydrogens (tertiary/aromatic N) is 1. The van der Waals surface area contributed by atoms with Crippen LogP contribution in [0.2, 0.25) is 5.02 Å². The molecule has 1 aliphatic heterocycles. The fourth-order valence-corrected chi connectivity index (χ4v) is 3.54. The summed E-state index contributed by atoms with van der Waals surface area (Å²) in [5.41, 5.74) is 3.36. The number of fused-ring (bicyclic) bond motifs is 1. The number of hydrogen-bond donors (Lipinski definition) is 1. The Morgan fingerprint density at radius 1 is 1.24 bits per heavy atom. The standard InChI is InChI=1S/C16H14BrClN2S/c17-12-7-8-14(13(18)10-12)19-16(21)20-9-3-5-11-4-1-2-6-15(11)20/h1-2,4,6-8,10H,3,5,9H2,(H,19,21). The van der Waals surface area contributed by atoms with Crippen molar-refractivity contribution in [3.8, 4) is 0 Å². The van der Waals surface area contributed by atoms with Gasteiger partial charge in [-0.05, 0) is 54.9 Å². The molecule has 0 saturated carbocycles. The van der Waals surface area contributed by atoms with E-state index < -0.39 is 0 Å². The van der Waals surface area contributed by atoms with Crippen LogP contribution in [0.5, 0.6) is 0 Å². The van der Waals surface area contributed by atoms with Crippen LogP contribution in [0.3, 0.4) is 0 Å². The molecule has 0 radical (unpaired) electrons. The molecular formula is C16H14BrClN2S.